The van der Waals surface area contributed by atoms with Gasteiger partial charge in [0.25, 0.3) is 0 Å². The molecule has 0 amide bonds. The van der Waals surface area contributed by atoms with Crippen LogP contribution < -0.4 is 0 Å². The van der Waals surface area contributed by atoms with Crippen molar-refractivity contribution in [2.24, 2.45) is 5.92 Å². The van der Waals surface area contributed by atoms with Crippen molar-refractivity contribution in [3.8, 4) is 17.3 Å². The molecule has 1 saturated carbocycles. The van der Waals surface area contributed by atoms with Crippen LogP contribution in [0.2, 0.25) is 0 Å². The third kappa shape index (κ3) is 2.74. The van der Waals surface area contributed by atoms with Gasteiger partial charge in [-0.3, -0.25) is 0 Å². The third-order valence-corrected chi connectivity index (χ3v) is 4.36. The highest BCUT2D eigenvalue weighted by atomic mass is 32.1. The van der Waals surface area contributed by atoms with Crippen LogP contribution in [0.15, 0.2) is 29.6 Å². The average molecular weight is 284 g/mol. The molecule has 102 valence electrons. The van der Waals surface area contributed by atoms with Gasteiger partial charge in [-0.25, -0.2) is 4.98 Å². The molecule has 0 bridgehead atoms. The minimum absolute atomic E-state index is 0.151. The number of nitriles is 1. The van der Waals surface area contributed by atoms with Crippen LogP contribution in [-0.4, -0.2) is 11.6 Å². The molecule has 0 radical (unpaired) electrons. The number of hydrogen-bond donors (Lipinski definition) is 0. The summed E-state index contributed by atoms with van der Waals surface area (Å²) in [5.74, 6) is 0.638. The molecule has 4 heteroatoms. The molecule has 3 rings (SSSR count). The van der Waals surface area contributed by atoms with Crippen LogP contribution in [0.25, 0.3) is 11.3 Å². The normalized spacial score (nSPS) is 15.8. The van der Waals surface area contributed by atoms with Crippen molar-refractivity contribution in [3.63, 3.8) is 0 Å². The van der Waals surface area contributed by atoms with Crippen LogP contribution in [0.4, 0.5) is 0 Å². The molecule has 1 aliphatic rings. The van der Waals surface area contributed by atoms with Crippen LogP contribution in [0.3, 0.4) is 0 Å². The number of rotatable bonds is 5. The minimum atomic E-state index is 0.151. The van der Waals surface area contributed by atoms with E-state index in [0.717, 1.165) is 22.9 Å². The van der Waals surface area contributed by atoms with Crippen molar-refractivity contribution in [3.05, 3.63) is 40.2 Å². The van der Waals surface area contributed by atoms with Gasteiger partial charge < -0.3 is 4.74 Å². The van der Waals surface area contributed by atoms with Gasteiger partial charge in [-0.2, -0.15) is 5.26 Å². The summed E-state index contributed by atoms with van der Waals surface area (Å²) in [6.45, 7) is 2.75. The average Bonchev–Trinajstić information content (AvgIpc) is 3.21. The molecular formula is C16H16N2OS. The van der Waals surface area contributed by atoms with E-state index >= 15 is 0 Å². The molecule has 1 aromatic carbocycles. The Morgan fingerprint density at radius 3 is 3.05 bits per heavy atom. The van der Waals surface area contributed by atoms with Crippen molar-refractivity contribution >= 4 is 11.3 Å². The first-order chi connectivity index (χ1) is 9.81. The third-order valence-electron chi connectivity index (χ3n) is 3.45. The largest absolute Gasteiger partial charge is 0.371 e. The summed E-state index contributed by atoms with van der Waals surface area (Å²) in [5.41, 5.74) is 2.60. The van der Waals surface area contributed by atoms with Crippen molar-refractivity contribution in [2.45, 2.75) is 25.9 Å². The second-order valence-corrected chi connectivity index (χ2v) is 5.87. The highest BCUT2D eigenvalue weighted by Crippen LogP contribution is 2.44. The smallest absolute Gasteiger partial charge is 0.122 e. The highest BCUT2D eigenvalue weighted by Gasteiger charge is 2.34. The Bertz CT molecular complexity index is 640. The van der Waals surface area contributed by atoms with Gasteiger partial charge in [0.15, 0.2) is 0 Å². The van der Waals surface area contributed by atoms with Crippen LogP contribution >= 0.6 is 11.3 Å². The number of hydrogen-bond acceptors (Lipinski definition) is 4. The summed E-state index contributed by atoms with van der Waals surface area (Å²) in [4.78, 5) is 4.72. The van der Waals surface area contributed by atoms with Gasteiger partial charge >= 0.3 is 0 Å². The summed E-state index contributed by atoms with van der Waals surface area (Å²) in [6, 6.07) is 9.75. The molecule has 1 atom stereocenters. The Morgan fingerprint density at radius 1 is 1.50 bits per heavy atom. The Labute approximate surface area is 122 Å². The maximum Gasteiger partial charge on any atom is 0.122 e. The second-order valence-electron chi connectivity index (χ2n) is 4.98. The monoisotopic (exact) mass is 284 g/mol. The van der Waals surface area contributed by atoms with E-state index in [1.165, 1.54) is 12.8 Å². The molecule has 2 aromatic rings. The number of ether oxygens (including phenoxy) is 1. The maximum absolute atomic E-state index is 8.97. The predicted octanol–water partition coefficient (Wildman–Crippen LogP) is 4.17. The molecule has 1 unspecified atom stereocenters. The lowest BCUT2D eigenvalue weighted by Crippen LogP contribution is -2.06. The Kier molecular flexibility index (Phi) is 3.81. The fourth-order valence-electron chi connectivity index (χ4n) is 2.29. The van der Waals surface area contributed by atoms with E-state index in [0.29, 0.717) is 11.5 Å². The van der Waals surface area contributed by atoms with E-state index < -0.39 is 0 Å². The first kappa shape index (κ1) is 13.3. The standard InChI is InChI=1S/C16H16N2OS/c1-2-19-15(12-6-7-12)16-18-14(10-20-16)13-5-3-4-11(8-13)9-17/h3-5,8,10,12,15H,2,6-7H2,1H3. The van der Waals surface area contributed by atoms with Crippen molar-refractivity contribution < 1.29 is 4.74 Å². The van der Waals surface area contributed by atoms with E-state index in [2.05, 4.69) is 11.4 Å². The summed E-state index contributed by atoms with van der Waals surface area (Å²) in [7, 11) is 0. The lowest BCUT2D eigenvalue weighted by Gasteiger charge is -2.12. The number of thiazole rings is 1. The number of nitrogens with zero attached hydrogens (tertiary/aromatic N) is 2. The molecule has 20 heavy (non-hydrogen) atoms. The van der Waals surface area contributed by atoms with Crippen LogP contribution in [-0.2, 0) is 4.74 Å². The molecule has 1 fully saturated rings. The molecule has 1 aliphatic carbocycles. The highest BCUT2D eigenvalue weighted by molar-refractivity contribution is 7.10. The van der Waals surface area contributed by atoms with E-state index in [1.54, 1.807) is 11.3 Å². The molecular weight excluding hydrogens is 268 g/mol. The van der Waals surface area contributed by atoms with Gasteiger partial charge in [0.05, 0.1) is 17.3 Å². The Balaban J connectivity index is 1.87. The SMILES string of the molecule is CCOC(c1nc(-c2cccc(C#N)c2)cs1)C1CC1. The fourth-order valence-corrected chi connectivity index (χ4v) is 3.25. The number of aromatic nitrogens is 1. The summed E-state index contributed by atoms with van der Waals surface area (Å²) < 4.78 is 5.84. The van der Waals surface area contributed by atoms with E-state index in [-0.39, 0.29) is 6.10 Å². The summed E-state index contributed by atoms with van der Waals surface area (Å²) in [5, 5.41) is 12.1. The molecule has 0 saturated heterocycles. The Hall–Kier alpha value is -1.70. The first-order valence-electron chi connectivity index (χ1n) is 6.89. The molecule has 0 N–H and O–H groups in total. The van der Waals surface area contributed by atoms with Gasteiger partial charge in [0.2, 0.25) is 0 Å². The summed E-state index contributed by atoms with van der Waals surface area (Å²) in [6.07, 6.45) is 2.63. The zero-order chi connectivity index (χ0) is 13.9. The topological polar surface area (TPSA) is 45.9 Å². The first-order valence-corrected chi connectivity index (χ1v) is 7.77. The van der Waals surface area contributed by atoms with Gasteiger partial charge in [-0.05, 0) is 37.8 Å². The lowest BCUT2D eigenvalue weighted by atomic mass is 10.1. The van der Waals surface area contributed by atoms with Gasteiger partial charge in [0.1, 0.15) is 11.1 Å². The van der Waals surface area contributed by atoms with Crippen LogP contribution in [0.1, 0.15) is 36.4 Å². The molecule has 3 nitrogen and oxygen atoms in total. The van der Waals surface area contributed by atoms with Gasteiger partial charge in [0, 0.05) is 17.6 Å². The fraction of sp³-hybridized carbons (Fsp3) is 0.375. The van der Waals surface area contributed by atoms with Crippen LogP contribution in [0.5, 0.6) is 0 Å². The predicted molar refractivity (Wildman–Crippen MR) is 79.4 cm³/mol. The lowest BCUT2D eigenvalue weighted by molar-refractivity contribution is 0.0462. The second kappa shape index (κ2) is 5.74. The molecule has 1 aromatic heterocycles. The quantitative estimate of drug-likeness (QED) is 0.827. The van der Waals surface area contributed by atoms with Crippen molar-refractivity contribution in [2.75, 3.05) is 6.61 Å². The minimum Gasteiger partial charge on any atom is -0.371 e. The zero-order valence-corrected chi connectivity index (χ0v) is 12.2. The van der Waals surface area contributed by atoms with E-state index in [1.807, 2.05) is 31.2 Å². The number of benzene rings is 1. The van der Waals surface area contributed by atoms with E-state index in [4.69, 9.17) is 15.0 Å². The van der Waals surface area contributed by atoms with Crippen LogP contribution in [0, 0.1) is 17.2 Å². The maximum atomic E-state index is 8.97. The Morgan fingerprint density at radius 2 is 2.35 bits per heavy atom. The molecule has 1 heterocycles. The van der Waals surface area contributed by atoms with Crippen molar-refractivity contribution in [1.29, 1.82) is 5.26 Å². The zero-order valence-electron chi connectivity index (χ0n) is 11.4. The van der Waals surface area contributed by atoms with E-state index in [9.17, 15) is 0 Å². The molecule has 0 spiro atoms. The van der Waals surface area contributed by atoms with Gasteiger partial charge in [-0.1, -0.05) is 12.1 Å². The summed E-state index contributed by atoms with van der Waals surface area (Å²) >= 11 is 1.66. The van der Waals surface area contributed by atoms with Gasteiger partial charge in [-0.15, -0.1) is 11.3 Å². The molecule has 0 aliphatic heterocycles. The van der Waals surface area contributed by atoms with Crippen molar-refractivity contribution in [1.82, 2.24) is 4.98 Å².